The Morgan fingerprint density at radius 1 is 0.964 bits per heavy atom. The summed E-state index contributed by atoms with van der Waals surface area (Å²) in [5.41, 5.74) is 19.2. The normalized spacial score (nSPS) is 16.2. The van der Waals surface area contributed by atoms with Gasteiger partial charge in [0, 0.05) is 53.1 Å². The van der Waals surface area contributed by atoms with Crippen LogP contribution in [0.25, 0.3) is 21.3 Å². The predicted octanol–water partition coefficient (Wildman–Crippen LogP) is 6.59. The van der Waals surface area contributed by atoms with E-state index in [2.05, 4.69) is 30.8 Å². The van der Waals surface area contributed by atoms with Crippen LogP contribution in [0.1, 0.15) is 35.1 Å². The van der Waals surface area contributed by atoms with E-state index in [1.807, 2.05) is 30.3 Å². The van der Waals surface area contributed by atoms with E-state index in [0.717, 1.165) is 22.0 Å². The van der Waals surface area contributed by atoms with Gasteiger partial charge >= 0.3 is 6.09 Å². The van der Waals surface area contributed by atoms with Crippen molar-refractivity contribution in [2.24, 2.45) is 21.9 Å². The molecule has 4 aromatic carbocycles. The number of carbonyl (C=O) groups is 3. The molecule has 6 rings (SSSR count). The monoisotopic (exact) mass is 776 g/mol. The highest BCUT2D eigenvalue weighted by atomic mass is 31.2. The number of rotatable bonds is 17. The van der Waals surface area contributed by atoms with Gasteiger partial charge in [-0.3, -0.25) is 14.2 Å². The van der Waals surface area contributed by atoms with Gasteiger partial charge in [0.2, 0.25) is 19.2 Å². The third-order valence-corrected chi connectivity index (χ3v) is 11.8. The van der Waals surface area contributed by atoms with Gasteiger partial charge in [-0.25, -0.2) is 4.79 Å². The summed E-state index contributed by atoms with van der Waals surface area (Å²) < 4.78 is 19.9. The van der Waals surface area contributed by atoms with Gasteiger partial charge in [-0.2, -0.15) is 0 Å². The van der Waals surface area contributed by atoms with E-state index in [9.17, 15) is 23.8 Å². The van der Waals surface area contributed by atoms with Gasteiger partial charge in [-0.15, -0.1) is 0 Å². The van der Waals surface area contributed by atoms with E-state index in [4.69, 9.17) is 20.8 Å². The molecule has 16 heteroatoms. The predicted molar refractivity (Wildman–Crippen MR) is 211 cm³/mol. The van der Waals surface area contributed by atoms with Crippen molar-refractivity contribution in [3.05, 3.63) is 148 Å². The standard InChI is InChI=1S/C40H41N8O7P/c41-38(49)36(21-29-23-43-34-14-8-7-13-33(29)34)44-39(50)30(20-32-22-35(47-55-32)28-15-17-31(18-16-28)46-48-42)25-56(52,53)37(19-26-9-3-1-4-10-26)45-40(51)54-24-27-11-5-2-6-12-27/h1-18,23,30,32,36-37,43H,19-22,24-25H2,(H2,41,49)(H,44,50)(H,45,51)(H,52,53)/t30?,32?,36-,37+/m0/s1. The molecule has 5 aromatic rings. The summed E-state index contributed by atoms with van der Waals surface area (Å²) in [7, 11) is -4.45. The third-order valence-electron chi connectivity index (χ3n) is 9.51. The van der Waals surface area contributed by atoms with E-state index >= 15 is 0 Å². The molecule has 0 saturated heterocycles. The highest BCUT2D eigenvalue weighted by Gasteiger charge is 2.40. The molecule has 2 heterocycles. The maximum absolute atomic E-state index is 14.5. The number of alkyl carbamates (subject to hydrolysis) is 1. The summed E-state index contributed by atoms with van der Waals surface area (Å²) in [6.45, 7) is -0.0635. The molecule has 0 radical (unpaired) electrons. The van der Waals surface area contributed by atoms with Crippen LogP contribution in [-0.4, -0.2) is 57.6 Å². The second kappa shape index (κ2) is 18.3. The molecule has 1 aliphatic rings. The Kier molecular flexibility index (Phi) is 12.8. The number of primary amides is 1. The molecule has 56 heavy (non-hydrogen) atoms. The summed E-state index contributed by atoms with van der Waals surface area (Å²) >= 11 is 0. The number of azide groups is 1. The van der Waals surface area contributed by atoms with Crippen LogP contribution in [0.4, 0.5) is 10.5 Å². The Bertz CT molecular complexity index is 2280. The maximum atomic E-state index is 14.5. The molecule has 0 aliphatic carbocycles. The average Bonchev–Trinajstić information content (AvgIpc) is 3.84. The van der Waals surface area contributed by atoms with Gasteiger partial charge in [0.05, 0.1) is 11.6 Å². The Labute approximate surface area is 322 Å². The minimum atomic E-state index is -4.45. The van der Waals surface area contributed by atoms with Crippen molar-refractivity contribution < 1.29 is 33.4 Å². The van der Waals surface area contributed by atoms with Gasteiger partial charge < -0.3 is 35.8 Å². The van der Waals surface area contributed by atoms with Gasteiger partial charge in [0.1, 0.15) is 24.5 Å². The molecule has 3 amide bonds. The first-order valence-corrected chi connectivity index (χ1v) is 19.8. The number of oxime groups is 1. The quantitative estimate of drug-likeness (QED) is 0.0301. The molecule has 288 valence electrons. The number of H-pyrrole nitrogens is 1. The number of nitrogens with two attached hydrogens (primary N) is 1. The Morgan fingerprint density at radius 2 is 1.64 bits per heavy atom. The molecule has 0 bridgehead atoms. The van der Waals surface area contributed by atoms with Crippen LogP contribution in [0.3, 0.4) is 0 Å². The molecule has 6 N–H and O–H groups in total. The van der Waals surface area contributed by atoms with Crippen LogP contribution in [0.2, 0.25) is 0 Å². The highest BCUT2D eigenvalue weighted by Crippen LogP contribution is 2.49. The number of hydrogen-bond acceptors (Lipinski definition) is 8. The van der Waals surface area contributed by atoms with Gasteiger partial charge in [-0.1, -0.05) is 113 Å². The summed E-state index contributed by atoms with van der Waals surface area (Å²) in [4.78, 5) is 63.6. The Balaban J connectivity index is 1.23. The summed E-state index contributed by atoms with van der Waals surface area (Å²) in [6, 6.07) is 30.9. The first-order valence-electron chi connectivity index (χ1n) is 17.9. The lowest BCUT2D eigenvalue weighted by atomic mass is 9.96. The number of nitrogens with zero attached hydrogens (tertiary/aromatic N) is 4. The van der Waals surface area contributed by atoms with Gasteiger partial charge in [0.15, 0.2) is 0 Å². The number of aromatic amines is 1. The van der Waals surface area contributed by atoms with Crippen molar-refractivity contribution in [2.75, 3.05) is 6.16 Å². The van der Waals surface area contributed by atoms with Crippen molar-refractivity contribution >= 4 is 47.6 Å². The SMILES string of the molecule is [N-]=[N+]=Nc1ccc(C2=NOC(CC(CP(=O)(O)[C@H](Cc3ccccc3)NC(=O)OCc3ccccc3)C(=O)N[C@@H](Cc3c[nH]c4ccccc34)C(N)=O)C2)cc1. The lowest BCUT2D eigenvalue weighted by molar-refractivity contribution is -0.130. The molecular weight excluding hydrogens is 735 g/mol. The summed E-state index contributed by atoms with van der Waals surface area (Å²) in [6.07, 6.45) is -0.193. The second-order valence-electron chi connectivity index (χ2n) is 13.5. The van der Waals surface area contributed by atoms with Crippen molar-refractivity contribution in [1.29, 1.82) is 0 Å². The zero-order valence-corrected chi connectivity index (χ0v) is 31.1. The van der Waals surface area contributed by atoms with E-state index < -0.39 is 55.3 Å². The van der Waals surface area contributed by atoms with Gasteiger partial charge in [0.25, 0.3) is 0 Å². The number of benzene rings is 4. The molecule has 15 nitrogen and oxygen atoms in total. The molecule has 0 fully saturated rings. The third kappa shape index (κ3) is 10.4. The van der Waals surface area contributed by atoms with Crippen molar-refractivity contribution in [3.8, 4) is 0 Å². The topological polar surface area (TPSA) is 234 Å². The lowest BCUT2D eigenvalue weighted by Gasteiger charge is -2.28. The molecule has 1 aliphatic heterocycles. The minimum absolute atomic E-state index is 0.0348. The molecular formula is C40H41N8O7P. The average molecular weight is 777 g/mol. The first kappa shape index (κ1) is 39.3. The molecule has 1 aromatic heterocycles. The number of fused-ring (bicyclic) bond motifs is 1. The summed E-state index contributed by atoms with van der Waals surface area (Å²) in [5, 5.41) is 14.0. The van der Waals surface area contributed by atoms with E-state index in [-0.39, 0.29) is 32.3 Å². The number of para-hydroxylation sites is 1. The second-order valence-corrected chi connectivity index (χ2v) is 16.0. The fourth-order valence-corrected chi connectivity index (χ4v) is 8.59. The molecule has 0 spiro atoms. The van der Waals surface area contributed by atoms with Crippen molar-refractivity contribution in [2.45, 2.75) is 50.2 Å². The van der Waals surface area contributed by atoms with Crippen LogP contribution >= 0.6 is 7.37 Å². The zero-order valence-electron chi connectivity index (χ0n) is 30.2. The number of nitrogens with one attached hydrogen (secondary N) is 3. The van der Waals surface area contributed by atoms with Crippen LogP contribution in [-0.2, 0) is 43.2 Å². The fraction of sp³-hybridized carbons (Fsp3) is 0.250. The van der Waals surface area contributed by atoms with Crippen LogP contribution in [0, 0.1) is 5.92 Å². The largest absolute Gasteiger partial charge is 0.445 e. The summed E-state index contributed by atoms with van der Waals surface area (Å²) in [5.74, 6) is -4.01. The molecule has 5 atom stereocenters. The van der Waals surface area contributed by atoms with E-state index in [0.29, 0.717) is 22.5 Å². The Hall–Kier alpha value is -6.40. The zero-order chi connectivity index (χ0) is 39.5. The number of hydrogen-bond donors (Lipinski definition) is 5. The van der Waals surface area contributed by atoms with Crippen molar-refractivity contribution in [3.63, 3.8) is 0 Å². The minimum Gasteiger partial charge on any atom is -0.445 e. The fourth-order valence-electron chi connectivity index (χ4n) is 6.59. The van der Waals surface area contributed by atoms with Crippen LogP contribution in [0.15, 0.2) is 126 Å². The van der Waals surface area contributed by atoms with Gasteiger partial charge in [-0.05, 0) is 40.3 Å². The lowest BCUT2D eigenvalue weighted by Crippen LogP contribution is -2.49. The number of ether oxygens (including phenoxy) is 1. The maximum Gasteiger partial charge on any atom is 0.408 e. The van der Waals surface area contributed by atoms with Crippen LogP contribution in [0.5, 0.6) is 0 Å². The van der Waals surface area contributed by atoms with E-state index in [1.54, 1.807) is 85.1 Å². The Morgan fingerprint density at radius 3 is 2.34 bits per heavy atom. The van der Waals surface area contributed by atoms with Crippen molar-refractivity contribution in [1.82, 2.24) is 15.6 Å². The number of aromatic nitrogens is 1. The smallest absolute Gasteiger partial charge is 0.408 e. The molecule has 0 saturated carbocycles. The van der Waals surface area contributed by atoms with E-state index in [1.165, 1.54) is 0 Å². The first-order chi connectivity index (χ1) is 27.1. The highest BCUT2D eigenvalue weighted by molar-refractivity contribution is 7.58. The number of amides is 3. The van der Waals surface area contributed by atoms with Crippen LogP contribution < -0.4 is 16.4 Å². The molecule has 3 unspecified atom stereocenters. The number of carbonyl (C=O) groups excluding carboxylic acids is 3.